The molecule has 1 atom stereocenters. The van der Waals surface area contributed by atoms with Gasteiger partial charge in [0.25, 0.3) is 0 Å². The first-order valence-electron chi connectivity index (χ1n) is 9.03. The van der Waals surface area contributed by atoms with Crippen LogP contribution < -0.4 is 10.2 Å². The lowest BCUT2D eigenvalue weighted by atomic mass is 10.0. The lowest BCUT2D eigenvalue weighted by molar-refractivity contribution is -0.121. The number of nitriles is 1. The molecule has 0 radical (unpaired) electrons. The molecular formula is C21H22BrN3OS. The van der Waals surface area contributed by atoms with E-state index in [1.807, 2.05) is 55.5 Å². The van der Waals surface area contributed by atoms with Crippen molar-refractivity contribution in [2.75, 3.05) is 18.0 Å². The molecule has 1 aliphatic rings. The summed E-state index contributed by atoms with van der Waals surface area (Å²) in [4.78, 5) is 15.9. The summed E-state index contributed by atoms with van der Waals surface area (Å²) >= 11 is 5.01. The Labute approximate surface area is 173 Å². The minimum Gasteiger partial charge on any atom is -0.371 e. The molecule has 0 spiro atoms. The molecule has 6 heteroatoms. The average Bonchev–Trinajstić information content (AvgIpc) is 2.70. The van der Waals surface area contributed by atoms with Gasteiger partial charge in [-0.2, -0.15) is 5.26 Å². The van der Waals surface area contributed by atoms with Gasteiger partial charge in [0, 0.05) is 34.2 Å². The summed E-state index contributed by atoms with van der Waals surface area (Å²) in [5.74, 6) is 0.0970. The van der Waals surface area contributed by atoms with Crippen molar-refractivity contribution in [2.24, 2.45) is 0 Å². The van der Waals surface area contributed by atoms with Crippen LogP contribution in [0.15, 0.2) is 57.9 Å². The summed E-state index contributed by atoms with van der Waals surface area (Å²) in [6.07, 6.45) is 1.86. The number of nitrogens with one attached hydrogen (secondary N) is 1. The first-order valence-corrected chi connectivity index (χ1v) is 10.7. The zero-order valence-electron chi connectivity index (χ0n) is 15.2. The topological polar surface area (TPSA) is 56.1 Å². The van der Waals surface area contributed by atoms with Gasteiger partial charge in [-0.1, -0.05) is 15.9 Å². The van der Waals surface area contributed by atoms with Crippen LogP contribution >= 0.6 is 27.7 Å². The van der Waals surface area contributed by atoms with Crippen molar-refractivity contribution in [3.8, 4) is 6.07 Å². The van der Waals surface area contributed by atoms with Gasteiger partial charge in [-0.25, -0.2) is 0 Å². The third-order valence-corrected chi connectivity index (χ3v) is 6.34. The molecule has 2 aromatic rings. The van der Waals surface area contributed by atoms with Gasteiger partial charge in [-0.05, 0) is 68.3 Å². The first-order chi connectivity index (χ1) is 13.0. The Morgan fingerprint density at radius 1 is 1.19 bits per heavy atom. The lowest BCUT2D eigenvalue weighted by Crippen LogP contribution is -2.46. The van der Waals surface area contributed by atoms with Gasteiger partial charge in [0.15, 0.2) is 0 Å². The fourth-order valence-corrected chi connectivity index (χ4v) is 4.26. The van der Waals surface area contributed by atoms with Crippen LogP contribution in [0, 0.1) is 11.3 Å². The number of amides is 1. The minimum atomic E-state index is -0.122. The van der Waals surface area contributed by atoms with Gasteiger partial charge >= 0.3 is 0 Å². The number of carbonyl (C=O) groups excluding carboxylic acids is 1. The molecule has 3 rings (SSSR count). The van der Waals surface area contributed by atoms with E-state index in [4.69, 9.17) is 5.26 Å². The average molecular weight is 444 g/mol. The van der Waals surface area contributed by atoms with Gasteiger partial charge in [0.1, 0.15) is 0 Å². The molecule has 140 valence electrons. The van der Waals surface area contributed by atoms with Gasteiger partial charge < -0.3 is 10.2 Å². The zero-order chi connectivity index (χ0) is 19.2. The first kappa shape index (κ1) is 19.8. The highest BCUT2D eigenvalue weighted by Crippen LogP contribution is 2.26. The highest BCUT2D eigenvalue weighted by molar-refractivity contribution is 9.10. The van der Waals surface area contributed by atoms with Gasteiger partial charge in [0.2, 0.25) is 5.91 Å². The second-order valence-corrected chi connectivity index (χ2v) is 8.97. The van der Waals surface area contributed by atoms with E-state index in [1.165, 1.54) is 0 Å². The predicted molar refractivity (Wildman–Crippen MR) is 114 cm³/mol. The molecule has 1 aliphatic heterocycles. The Morgan fingerprint density at radius 2 is 1.81 bits per heavy atom. The fourth-order valence-electron chi connectivity index (χ4n) is 3.12. The second kappa shape index (κ2) is 9.29. The minimum absolute atomic E-state index is 0.0970. The Morgan fingerprint density at radius 3 is 2.41 bits per heavy atom. The highest BCUT2D eigenvalue weighted by atomic mass is 79.9. The monoisotopic (exact) mass is 443 g/mol. The maximum absolute atomic E-state index is 12.5. The number of halogens is 1. The maximum Gasteiger partial charge on any atom is 0.233 e. The molecular weight excluding hydrogens is 422 g/mol. The van der Waals surface area contributed by atoms with E-state index in [0.717, 1.165) is 41.0 Å². The molecule has 0 aliphatic carbocycles. The van der Waals surface area contributed by atoms with Crippen molar-refractivity contribution in [1.29, 1.82) is 5.26 Å². The summed E-state index contributed by atoms with van der Waals surface area (Å²) in [6, 6.07) is 18.1. The Bertz CT molecular complexity index is 809. The van der Waals surface area contributed by atoms with Gasteiger partial charge in [-0.15, -0.1) is 11.8 Å². The number of anilines is 1. The quantitative estimate of drug-likeness (QED) is 0.686. The van der Waals surface area contributed by atoms with E-state index in [9.17, 15) is 4.79 Å². The highest BCUT2D eigenvalue weighted by Gasteiger charge is 2.23. The van der Waals surface area contributed by atoms with Crippen LogP contribution in [0.2, 0.25) is 0 Å². The summed E-state index contributed by atoms with van der Waals surface area (Å²) in [5, 5.41) is 12.0. The zero-order valence-corrected chi connectivity index (χ0v) is 17.6. The van der Waals surface area contributed by atoms with E-state index in [2.05, 4.69) is 32.2 Å². The predicted octanol–water partition coefficient (Wildman–Crippen LogP) is 4.59. The van der Waals surface area contributed by atoms with Crippen molar-refractivity contribution in [2.45, 2.75) is 36.0 Å². The Balaban J connectivity index is 1.47. The molecule has 1 saturated heterocycles. The molecule has 1 N–H and O–H groups in total. The van der Waals surface area contributed by atoms with E-state index in [0.29, 0.717) is 5.56 Å². The van der Waals surface area contributed by atoms with Crippen molar-refractivity contribution >= 4 is 39.3 Å². The molecule has 27 heavy (non-hydrogen) atoms. The normalized spacial score (nSPS) is 15.8. The molecule has 1 fully saturated rings. The summed E-state index contributed by atoms with van der Waals surface area (Å²) in [7, 11) is 0. The van der Waals surface area contributed by atoms with E-state index < -0.39 is 0 Å². The van der Waals surface area contributed by atoms with Crippen molar-refractivity contribution in [3.63, 3.8) is 0 Å². The molecule has 4 nitrogen and oxygen atoms in total. The van der Waals surface area contributed by atoms with Crippen LogP contribution in [-0.2, 0) is 4.79 Å². The van der Waals surface area contributed by atoms with Crippen LogP contribution in [0.3, 0.4) is 0 Å². The van der Waals surface area contributed by atoms with Gasteiger partial charge in [-0.3, -0.25) is 4.79 Å². The number of nitrogens with zero attached hydrogens (tertiary/aromatic N) is 2. The van der Waals surface area contributed by atoms with Crippen LogP contribution in [-0.4, -0.2) is 30.3 Å². The third-order valence-electron chi connectivity index (χ3n) is 4.70. The fraction of sp³-hybridized carbons (Fsp3) is 0.333. The summed E-state index contributed by atoms with van der Waals surface area (Å²) in [6.45, 7) is 3.77. The number of hydrogen-bond donors (Lipinski definition) is 1. The molecule has 1 heterocycles. The van der Waals surface area contributed by atoms with Crippen molar-refractivity contribution in [3.05, 3.63) is 58.6 Å². The molecule has 1 amide bonds. The molecule has 0 saturated carbocycles. The summed E-state index contributed by atoms with van der Waals surface area (Å²) in [5.41, 5.74) is 1.82. The van der Waals surface area contributed by atoms with Gasteiger partial charge in [0.05, 0.1) is 16.9 Å². The van der Waals surface area contributed by atoms with Crippen LogP contribution in [0.5, 0.6) is 0 Å². The number of thioether (sulfide) groups is 1. The Hall–Kier alpha value is -1.97. The number of carbonyl (C=O) groups is 1. The van der Waals surface area contributed by atoms with Crippen LogP contribution in [0.1, 0.15) is 25.3 Å². The van der Waals surface area contributed by atoms with Crippen molar-refractivity contribution in [1.82, 2.24) is 5.32 Å². The Kier molecular flexibility index (Phi) is 6.81. The third kappa shape index (κ3) is 5.50. The second-order valence-electron chi connectivity index (χ2n) is 6.64. The summed E-state index contributed by atoms with van der Waals surface area (Å²) < 4.78 is 1.04. The standard InChI is InChI=1S/C21H22BrN3OS/c1-15(27-20-8-4-17(22)5-9-20)21(26)24-18-10-12-25(13-11-18)19-6-2-16(14-23)3-7-19/h2-9,15,18H,10-13H2,1H3,(H,24,26). The molecule has 1 unspecified atom stereocenters. The van der Waals surface area contributed by atoms with E-state index in [-0.39, 0.29) is 17.2 Å². The molecule has 2 aromatic carbocycles. The molecule has 0 bridgehead atoms. The number of benzene rings is 2. The van der Waals surface area contributed by atoms with E-state index >= 15 is 0 Å². The lowest BCUT2D eigenvalue weighted by Gasteiger charge is -2.34. The van der Waals surface area contributed by atoms with Crippen molar-refractivity contribution < 1.29 is 4.79 Å². The number of hydrogen-bond acceptors (Lipinski definition) is 4. The van der Waals surface area contributed by atoms with Crippen LogP contribution in [0.25, 0.3) is 0 Å². The number of piperidine rings is 1. The van der Waals surface area contributed by atoms with E-state index in [1.54, 1.807) is 11.8 Å². The SMILES string of the molecule is CC(Sc1ccc(Br)cc1)C(=O)NC1CCN(c2ccc(C#N)cc2)CC1. The maximum atomic E-state index is 12.5. The number of rotatable bonds is 5. The van der Waals surface area contributed by atoms with Crippen LogP contribution in [0.4, 0.5) is 5.69 Å². The largest absolute Gasteiger partial charge is 0.371 e. The smallest absolute Gasteiger partial charge is 0.233 e. The molecule has 0 aromatic heterocycles.